The summed E-state index contributed by atoms with van der Waals surface area (Å²) in [6, 6.07) is 16.6. The topological polar surface area (TPSA) is 64.0 Å². The fourth-order valence-corrected chi connectivity index (χ4v) is 3.98. The van der Waals surface area contributed by atoms with Crippen LogP contribution in [0.2, 0.25) is 0 Å². The average Bonchev–Trinajstić information content (AvgIpc) is 2.87. The normalized spacial score (nSPS) is 14.1. The van der Waals surface area contributed by atoms with Crippen molar-refractivity contribution in [3.8, 4) is 11.5 Å². The van der Waals surface area contributed by atoms with E-state index >= 15 is 0 Å². The van der Waals surface area contributed by atoms with E-state index in [0.29, 0.717) is 48.9 Å². The van der Waals surface area contributed by atoms with Crippen LogP contribution in [0.3, 0.4) is 0 Å². The average molecular weight is 464 g/mol. The summed E-state index contributed by atoms with van der Waals surface area (Å²) < 4.78 is 26.2. The van der Waals surface area contributed by atoms with Gasteiger partial charge >= 0.3 is 0 Å². The van der Waals surface area contributed by atoms with E-state index in [4.69, 9.17) is 9.47 Å². The van der Waals surface area contributed by atoms with Gasteiger partial charge in [-0.05, 0) is 42.0 Å². The van der Waals surface area contributed by atoms with Crippen LogP contribution in [-0.4, -0.2) is 55.8 Å². The Kier molecular flexibility index (Phi) is 6.96. The number of pyridine rings is 1. The lowest BCUT2D eigenvalue weighted by Gasteiger charge is -2.36. The van der Waals surface area contributed by atoms with Gasteiger partial charge < -0.3 is 19.3 Å². The second-order valence-electron chi connectivity index (χ2n) is 7.78. The molecule has 1 amide bonds. The molecule has 2 aromatic carbocycles. The minimum atomic E-state index is -0.312. The highest BCUT2D eigenvalue weighted by atomic mass is 19.1. The van der Waals surface area contributed by atoms with Crippen LogP contribution in [0, 0.1) is 5.82 Å². The molecule has 4 rings (SSSR count). The molecule has 0 spiro atoms. The Morgan fingerprint density at radius 1 is 0.912 bits per heavy atom. The first-order valence-corrected chi connectivity index (χ1v) is 10.9. The van der Waals surface area contributed by atoms with Crippen molar-refractivity contribution in [1.29, 1.82) is 0 Å². The number of benzene rings is 2. The van der Waals surface area contributed by atoms with Crippen LogP contribution in [0.25, 0.3) is 11.8 Å². The fraction of sp³-hybridized carbons (Fsp3) is 0.231. The number of halogens is 1. The first kappa shape index (κ1) is 23.1. The Labute approximate surface area is 197 Å². The van der Waals surface area contributed by atoms with Crippen molar-refractivity contribution in [3.63, 3.8) is 0 Å². The van der Waals surface area contributed by atoms with Gasteiger partial charge in [0.05, 0.1) is 19.9 Å². The SMILES string of the molecule is COc1ccc(C=C(C(=O)N2CCN(c3ccccc3F)CC2)n2ccccc2=O)cc1OC. The lowest BCUT2D eigenvalue weighted by Crippen LogP contribution is -2.49. The molecule has 1 aromatic heterocycles. The molecule has 1 saturated heterocycles. The van der Waals surface area contributed by atoms with E-state index in [1.807, 2.05) is 4.90 Å². The quantitative estimate of drug-likeness (QED) is 0.525. The molecule has 0 N–H and O–H groups in total. The maximum absolute atomic E-state index is 14.2. The largest absolute Gasteiger partial charge is 0.493 e. The number of ether oxygens (including phenoxy) is 2. The van der Waals surface area contributed by atoms with E-state index in [1.165, 1.54) is 23.8 Å². The third kappa shape index (κ3) is 4.80. The number of nitrogens with zero attached hydrogens (tertiary/aromatic N) is 3. The molecule has 2 heterocycles. The molecule has 1 fully saturated rings. The van der Waals surface area contributed by atoms with Crippen molar-refractivity contribution in [2.45, 2.75) is 0 Å². The second-order valence-corrected chi connectivity index (χ2v) is 7.78. The summed E-state index contributed by atoms with van der Waals surface area (Å²) in [7, 11) is 3.08. The Morgan fingerprint density at radius 2 is 1.62 bits per heavy atom. The summed E-state index contributed by atoms with van der Waals surface area (Å²) in [5.41, 5.74) is 1.11. The molecule has 3 aromatic rings. The highest BCUT2D eigenvalue weighted by molar-refractivity contribution is 6.18. The summed E-state index contributed by atoms with van der Waals surface area (Å²) in [4.78, 5) is 29.8. The van der Waals surface area contributed by atoms with E-state index in [1.54, 1.807) is 72.8 Å². The molecule has 0 unspecified atom stereocenters. The number of aromatic nitrogens is 1. The monoisotopic (exact) mass is 463 g/mol. The first-order chi connectivity index (χ1) is 16.5. The minimum Gasteiger partial charge on any atom is -0.493 e. The van der Waals surface area contributed by atoms with E-state index in [0.717, 1.165) is 0 Å². The third-order valence-corrected chi connectivity index (χ3v) is 5.77. The Bertz CT molecular complexity index is 1260. The van der Waals surface area contributed by atoms with Gasteiger partial charge in [-0.25, -0.2) is 4.39 Å². The zero-order valence-electron chi connectivity index (χ0n) is 19.1. The van der Waals surface area contributed by atoms with Gasteiger partial charge in [-0.1, -0.05) is 24.3 Å². The molecule has 0 saturated carbocycles. The van der Waals surface area contributed by atoms with Crippen LogP contribution in [0.4, 0.5) is 10.1 Å². The Hall–Kier alpha value is -4.07. The van der Waals surface area contributed by atoms with Gasteiger partial charge in [0.1, 0.15) is 11.5 Å². The number of rotatable bonds is 6. The molecule has 0 aliphatic carbocycles. The van der Waals surface area contributed by atoms with Gasteiger partial charge in [-0.2, -0.15) is 0 Å². The van der Waals surface area contributed by atoms with Crippen molar-refractivity contribution in [3.05, 3.63) is 88.6 Å². The van der Waals surface area contributed by atoms with E-state index in [9.17, 15) is 14.0 Å². The van der Waals surface area contributed by atoms with Gasteiger partial charge in [0.2, 0.25) is 0 Å². The van der Waals surface area contributed by atoms with Crippen LogP contribution < -0.4 is 19.9 Å². The van der Waals surface area contributed by atoms with Gasteiger partial charge in [-0.3, -0.25) is 14.2 Å². The summed E-state index contributed by atoms with van der Waals surface area (Å²) >= 11 is 0. The highest BCUT2D eigenvalue weighted by Gasteiger charge is 2.26. The third-order valence-electron chi connectivity index (χ3n) is 5.77. The summed E-state index contributed by atoms with van der Waals surface area (Å²) in [6.45, 7) is 1.77. The number of amides is 1. The molecular formula is C26H26FN3O4. The molecule has 0 radical (unpaired) electrons. The van der Waals surface area contributed by atoms with Gasteiger partial charge in [0.15, 0.2) is 11.5 Å². The number of hydrogen-bond donors (Lipinski definition) is 0. The standard InChI is InChI=1S/C26H26FN3O4/c1-33-23-11-10-19(18-24(23)34-2)17-22(30-12-6-5-9-25(30)31)26(32)29-15-13-28(14-16-29)21-8-4-3-7-20(21)27/h3-12,17-18H,13-16H2,1-2H3. The number of carbonyl (C=O) groups excluding carboxylic acids is 1. The van der Waals surface area contributed by atoms with Crippen LogP contribution >= 0.6 is 0 Å². The minimum absolute atomic E-state index is 0.220. The van der Waals surface area contributed by atoms with Crippen molar-refractivity contribution >= 4 is 23.4 Å². The van der Waals surface area contributed by atoms with E-state index in [-0.39, 0.29) is 23.0 Å². The smallest absolute Gasteiger partial charge is 0.271 e. The first-order valence-electron chi connectivity index (χ1n) is 10.9. The van der Waals surface area contributed by atoms with Crippen LogP contribution in [0.1, 0.15) is 5.56 Å². The zero-order valence-corrected chi connectivity index (χ0v) is 19.1. The predicted molar refractivity (Wildman–Crippen MR) is 130 cm³/mol. The van der Waals surface area contributed by atoms with Crippen LogP contribution in [0.15, 0.2) is 71.7 Å². The molecule has 1 aliphatic heterocycles. The molecule has 0 bridgehead atoms. The lowest BCUT2D eigenvalue weighted by atomic mass is 10.1. The summed E-state index contributed by atoms with van der Waals surface area (Å²) in [6.07, 6.45) is 3.23. The van der Waals surface area contributed by atoms with Crippen molar-refractivity contribution in [2.75, 3.05) is 45.3 Å². The fourth-order valence-electron chi connectivity index (χ4n) is 3.98. The number of piperazine rings is 1. The number of methoxy groups -OCH3 is 2. The van der Waals surface area contributed by atoms with Crippen molar-refractivity contribution < 1.29 is 18.7 Å². The zero-order chi connectivity index (χ0) is 24.1. The Balaban J connectivity index is 1.63. The Morgan fingerprint density at radius 3 is 2.29 bits per heavy atom. The van der Waals surface area contributed by atoms with E-state index < -0.39 is 0 Å². The number of hydrogen-bond acceptors (Lipinski definition) is 5. The summed E-state index contributed by atoms with van der Waals surface area (Å²) in [5, 5.41) is 0. The van der Waals surface area contributed by atoms with Crippen molar-refractivity contribution in [2.24, 2.45) is 0 Å². The molecule has 1 aliphatic rings. The summed E-state index contributed by atoms with van der Waals surface area (Å²) in [5.74, 6) is 0.513. The lowest BCUT2D eigenvalue weighted by molar-refractivity contribution is -0.125. The van der Waals surface area contributed by atoms with Crippen molar-refractivity contribution in [1.82, 2.24) is 9.47 Å². The molecule has 8 heteroatoms. The van der Waals surface area contributed by atoms with Gasteiger partial charge in [0.25, 0.3) is 11.5 Å². The molecule has 0 atom stereocenters. The maximum Gasteiger partial charge on any atom is 0.271 e. The maximum atomic E-state index is 14.2. The van der Waals surface area contributed by atoms with Gasteiger partial charge in [0, 0.05) is 38.4 Å². The molecular weight excluding hydrogens is 437 g/mol. The molecule has 34 heavy (non-hydrogen) atoms. The van der Waals surface area contributed by atoms with Crippen LogP contribution in [-0.2, 0) is 4.79 Å². The number of para-hydroxylation sites is 1. The van der Waals surface area contributed by atoms with E-state index in [2.05, 4.69) is 0 Å². The second kappa shape index (κ2) is 10.2. The predicted octanol–water partition coefficient (Wildman–Crippen LogP) is 3.35. The number of anilines is 1. The molecule has 176 valence electrons. The highest BCUT2D eigenvalue weighted by Crippen LogP contribution is 2.29. The van der Waals surface area contributed by atoms with Crippen LogP contribution in [0.5, 0.6) is 11.5 Å². The van der Waals surface area contributed by atoms with Gasteiger partial charge in [-0.15, -0.1) is 0 Å². The molecule has 7 nitrogen and oxygen atoms in total. The number of carbonyl (C=O) groups is 1.